The minimum absolute atomic E-state index is 0.00852. The molecule has 1 N–H and O–H groups in total. The van der Waals surface area contributed by atoms with Crippen LogP contribution >= 0.6 is 11.6 Å². The molecule has 1 nitrogen and oxygen atoms in total. The normalized spacial score (nSPS) is 15.4. The molecule has 0 aliphatic heterocycles. The van der Waals surface area contributed by atoms with Gasteiger partial charge in [0, 0.05) is 17.1 Å². The Kier molecular flexibility index (Phi) is 2.18. The molecular formula is C12H10ClF2N. The summed E-state index contributed by atoms with van der Waals surface area (Å²) in [5.41, 5.74) is 2.39. The molecule has 0 atom stereocenters. The fourth-order valence-corrected chi connectivity index (χ4v) is 2.67. The summed E-state index contributed by atoms with van der Waals surface area (Å²) in [5.74, 6) is -1.22. The van der Waals surface area contributed by atoms with Gasteiger partial charge in [-0.3, -0.25) is 0 Å². The number of fused-ring (bicyclic) bond motifs is 3. The lowest BCUT2D eigenvalue weighted by molar-refractivity contribution is 0.591. The molecule has 3 rings (SSSR count). The largest absolute Gasteiger partial charge is 0.357 e. The highest BCUT2D eigenvalue weighted by atomic mass is 35.5. The van der Waals surface area contributed by atoms with Gasteiger partial charge in [0.15, 0.2) is 0 Å². The minimum atomic E-state index is -0.703. The first-order chi connectivity index (χ1) is 7.68. The van der Waals surface area contributed by atoms with Crippen LogP contribution < -0.4 is 0 Å². The molecule has 1 heterocycles. The van der Waals surface area contributed by atoms with Crippen LogP contribution in [0.1, 0.15) is 24.1 Å². The molecule has 1 aliphatic carbocycles. The van der Waals surface area contributed by atoms with E-state index in [4.69, 9.17) is 11.6 Å². The maximum Gasteiger partial charge on any atom is 0.146 e. The van der Waals surface area contributed by atoms with Crippen LogP contribution in [0.2, 0.25) is 5.02 Å². The van der Waals surface area contributed by atoms with Crippen LogP contribution in [-0.2, 0) is 12.8 Å². The third-order valence-electron chi connectivity index (χ3n) is 3.22. The van der Waals surface area contributed by atoms with Gasteiger partial charge in [-0.15, -0.1) is 0 Å². The van der Waals surface area contributed by atoms with E-state index in [2.05, 4.69) is 4.98 Å². The average molecular weight is 242 g/mol. The summed E-state index contributed by atoms with van der Waals surface area (Å²) in [7, 11) is 0. The van der Waals surface area contributed by atoms with E-state index in [1.54, 1.807) is 0 Å². The zero-order valence-electron chi connectivity index (χ0n) is 8.54. The summed E-state index contributed by atoms with van der Waals surface area (Å²) in [4.78, 5) is 3.05. The summed E-state index contributed by atoms with van der Waals surface area (Å²) in [6.07, 6.45) is 3.87. The van der Waals surface area contributed by atoms with Crippen molar-refractivity contribution in [3.63, 3.8) is 0 Å². The molecule has 0 unspecified atom stereocenters. The van der Waals surface area contributed by atoms with Crippen molar-refractivity contribution in [1.82, 2.24) is 4.98 Å². The van der Waals surface area contributed by atoms with Crippen molar-refractivity contribution in [3.8, 4) is 0 Å². The van der Waals surface area contributed by atoms with Gasteiger partial charge in [0.2, 0.25) is 0 Å². The van der Waals surface area contributed by atoms with Crippen molar-refractivity contribution in [2.45, 2.75) is 25.7 Å². The van der Waals surface area contributed by atoms with Crippen LogP contribution in [0.5, 0.6) is 0 Å². The van der Waals surface area contributed by atoms with Crippen molar-refractivity contribution in [3.05, 3.63) is 34.0 Å². The molecule has 0 saturated carbocycles. The Hall–Kier alpha value is -1.09. The SMILES string of the molecule is Fc1cc(F)c2c3c([nH]c2c1Cl)CCCC3. The fourth-order valence-electron chi connectivity index (χ4n) is 2.48. The first kappa shape index (κ1) is 10.1. The van der Waals surface area contributed by atoms with E-state index in [-0.39, 0.29) is 5.02 Å². The highest BCUT2D eigenvalue weighted by Gasteiger charge is 2.21. The van der Waals surface area contributed by atoms with Crippen LogP contribution in [0.25, 0.3) is 10.9 Å². The van der Waals surface area contributed by atoms with Crippen LogP contribution in [0.4, 0.5) is 8.78 Å². The highest BCUT2D eigenvalue weighted by molar-refractivity contribution is 6.35. The molecule has 1 aromatic heterocycles. The van der Waals surface area contributed by atoms with Crippen molar-refractivity contribution < 1.29 is 8.78 Å². The van der Waals surface area contributed by atoms with Gasteiger partial charge in [-0.25, -0.2) is 8.78 Å². The van der Waals surface area contributed by atoms with Gasteiger partial charge in [0.25, 0.3) is 0 Å². The van der Waals surface area contributed by atoms with Gasteiger partial charge in [0.1, 0.15) is 16.7 Å². The number of H-pyrrole nitrogens is 1. The Morgan fingerprint density at radius 2 is 1.88 bits per heavy atom. The van der Waals surface area contributed by atoms with Crippen molar-refractivity contribution in [1.29, 1.82) is 0 Å². The molecule has 0 bridgehead atoms. The maximum absolute atomic E-state index is 13.7. The Morgan fingerprint density at radius 1 is 1.12 bits per heavy atom. The molecule has 0 spiro atoms. The number of hydrogen-bond donors (Lipinski definition) is 1. The number of halogens is 3. The Balaban J connectivity index is 2.42. The smallest absolute Gasteiger partial charge is 0.146 e. The molecule has 4 heteroatoms. The number of hydrogen-bond acceptors (Lipinski definition) is 0. The van der Waals surface area contributed by atoms with E-state index in [1.165, 1.54) is 0 Å². The molecular weight excluding hydrogens is 232 g/mol. The number of rotatable bonds is 0. The molecule has 2 aromatic rings. The van der Waals surface area contributed by atoms with E-state index >= 15 is 0 Å². The average Bonchev–Trinajstić information content (AvgIpc) is 2.65. The minimum Gasteiger partial charge on any atom is -0.357 e. The van der Waals surface area contributed by atoms with Gasteiger partial charge in [-0.2, -0.15) is 0 Å². The van der Waals surface area contributed by atoms with Crippen molar-refractivity contribution >= 4 is 22.5 Å². The second-order valence-electron chi connectivity index (χ2n) is 4.19. The van der Waals surface area contributed by atoms with Crippen molar-refractivity contribution in [2.75, 3.05) is 0 Å². The predicted octanol–water partition coefficient (Wildman–Crippen LogP) is 3.98. The second-order valence-corrected chi connectivity index (χ2v) is 4.57. The topological polar surface area (TPSA) is 15.8 Å². The van der Waals surface area contributed by atoms with E-state index in [9.17, 15) is 8.78 Å². The van der Waals surface area contributed by atoms with Gasteiger partial charge in [0.05, 0.1) is 5.52 Å². The Labute approximate surface area is 96.4 Å². The van der Waals surface area contributed by atoms with Crippen molar-refractivity contribution in [2.24, 2.45) is 0 Å². The molecule has 0 saturated heterocycles. The quantitative estimate of drug-likeness (QED) is 0.672. The van der Waals surface area contributed by atoms with Gasteiger partial charge in [-0.05, 0) is 31.2 Å². The van der Waals surface area contributed by atoms with Gasteiger partial charge >= 0.3 is 0 Å². The Morgan fingerprint density at radius 3 is 2.69 bits per heavy atom. The fraction of sp³-hybridized carbons (Fsp3) is 0.333. The molecule has 0 radical (unpaired) electrons. The predicted molar refractivity (Wildman–Crippen MR) is 59.9 cm³/mol. The van der Waals surface area contributed by atoms with Crippen LogP contribution in [0, 0.1) is 11.6 Å². The second kappa shape index (κ2) is 3.45. The van der Waals surface area contributed by atoms with Crippen LogP contribution in [0.3, 0.4) is 0 Å². The van der Waals surface area contributed by atoms with E-state index < -0.39 is 11.6 Å². The molecule has 84 valence electrons. The number of aromatic nitrogens is 1. The first-order valence-electron chi connectivity index (χ1n) is 5.35. The molecule has 1 aliphatic rings. The van der Waals surface area contributed by atoms with E-state index in [1.807, 2.05) is 0 Å². The summed E-state index contributed by atoms with van der Waals surface area (Å²) in [6, 6.07) is 0.868. The van der Waals surface area contributed by atoms with E-state index in [0.717, 1.165) is 43.0 Å². The number of nitrogens with one attached hydrogen (secondary N) is 1. The number of aryl methyl sites for hydroxylation is 2. The first-order valence-corrected chi connectivity index (χ1v) is 5.73. The zero-order valence-corrected chi connectivity index (χ0v) is 9.30. The molecule has 1 aromatic carbocycles. The van der Waals surface area contributed by atoms with Crippen LogP contribution in [0.15, 0.2) is 6.07 Å². The number of aromatic amines is 1. The summed E-state index contributed by atoms with van der Waals surface area (Å²) in [5, 5.41) is 0.465. The lowest BCUT2D eigenvalue weighted by Gasteiger charge is -2.10. The lowest BCUT2D eigenvalue weighted by Crippen LogP contribution is -2.00. The summed E-state index contributed by atoms with van der Waals surface area (Å²) < 4.78 is 27.0. The van der Waals surface area contributed by atoms with Gasteiger partial charge in [-0.1, -0.05) is 11.6 Å². The third-order valence-corrected chi connectivity index (χ3v) is 3.59. The summed E-state index contributed by atoms with van der Waals surface area (Å²) >= 11 is 5.84. The lowest BCUT2D eigenvalue weighted by atomic mass is 9.95. The number of benzene rings is 1. The molecule has 0 amide bonds. The van der Waals surface area contributed by atoms with Crippen LogP contribution in [-0.4, -0.2) is 4.98 Å². The summed E-state index contributed by atoms with van der Waals surface area (Å²) in [6.45, 7) is 0. The van der Waals surface area contributed by atoms with E-state index in [0.29, 0.717) is 10.9 Å². The maximum atomic E-state index is 13.7. The molecule has 16 heavy (non-hydrogen) atoms. The highest BCUT2D eigenvalue weighted by Crippen LogP contribution is 2.35. The zero-order chi connectivity index (χ0) is 11.3. The molecule has 0 fully saturated rings. The third kappa shape index (κ3) is 1.27. The Bertz CT molecular complexity index is 574. The standard InChI is InChI=1S/C12H10ClF2N/c13-11-8(15)5-7(14)10-6-3-1-2-4-9(6)16-12(10)11/h5,16H,1-4H2. The monoisotopic (exact) mass is 241 g/mol. The van der Waals surface area contributed by atoms with Gasteiger partial charge < -0.3 is 4.98 Å².